The van der Waals surface area contributed by atoms with E-state index in [1.807, 2.05) is 18.2 Å². The third kappa shape index (κ3) is 3.47. The van der Waals surface area contributed by atoms with Crippen LogP contribution in [-0.2, 0) is 0 Å². The van der Waals surface area contributed by atoms with Crippen LogP contribution in [0.1, 0.15) is 26.3 Å². The van der Waals surface area contributed by atoms with Gasteiger partial charge in [0, 0.05) is 12.6 Å². The number of nitrogens with two attached hydrogens (primary N) is 1. The summed E-state index contributed by atoms with van der Waals surface area (Å²) in [5.74, 6) is 2.00. The molecule has 0 aliphatic rings. The Morgan fingerprint density at radius 2 is 2.05 bits per heavy atom. The van der Waals surface area contributed by atoms with Crippen molar-refractivity contribution in [3.05, 3.63) is 18.2 Å². The SMILES string of the molecule is COc1ccc2nc(N)n(C(CC(C)C)CN(C)C)c2c1. The Labute approximate surface area is 126 Å². The Morgan fingerprint density at radius 1 is 1.33 bits per heavy atom. The Morgan fingerprint density at radius 3 is 2.62 bits per heavy atom. The molecule has 2 aromatic rings. The molecule has 1 aromatic carbocycles. The van der Waals surface area contributed by atoms with Gasteiger partial charge in [-0.3, -0.25) is 0 Å². The number of rotatable bonds is 6. The molecule has 0 saturated carbocycles. The number of aromatic nitrogens is 2. The van der Waals surface area contributed by atoms with Crippen molar-refractivity contribution in [2.75, 3.05) is 33.5 Å². The molecular weight excluding hydrogens is 264 g/mol. The first-order valence-electron chi connectivity index (χ1n) is 7.38. The second-order valence-corrected chi connectivity index (χ2v) is 6.24. The number of ether oxygens (including phenoxy) is 1. The molecule has 1 atom stereocenters. The molecule has 0 amide bonds. The lowest BCUT2D eigenvalue weighted by atomic mass is 10.0. The van der Waals surface area contributed by atoms with Crippen LogP contribution in [0.25, 0.3) is 11.0 Å². The highest BCUT2D eigenvalue weighted by Crippen LogP contribution is 2.29. The van der Waals surface area contributed by atoms with E-state index in [1.165, 1.54) is 0 Å². The lowest BCUT2D eigenvalue weighted by molar-refractivity contribution is 0.294. The van der Waals surface area contributed by atoms with Crippen molar-refractivity contribution in [2.45, 2.75) is 26.3 Å². The van der Waals surface area contributed by atoms with Crippen LogP contribution in [-0.4, -0.2) is 42.2 Å². The van der Waals surface area contributed by atoms with E-state index in [0.29, 0.717) is 17.9 Å². The van der Waals surface area contributed by atoms with Gasteiger partial charge in [0.2, 0.25) is 5.95 Å². The Balaban J connectivity index is 2.51. The fraction of sp³-hybridized carbons (Fsp3) is 0.562. The first-order chi connectivity index (χ1) is 9.92. The summed E-state index contributed by atoms with van der Waals surface area (Å²) in [5, 5.41) is 0. The van der Waals surface area contributed by atoms with Gasteiger partial charge in [0.25, 0.3) is 0 Å². The van der Waals surface area contributed by atoms with Crippen molar-refractivity contribution in [2.24, 2.45) is 5.92 Å². The number of benzene rings is 1. The molecule has 5 nitrogen and oxygen atoms in total. The van der Waals surface area contributed by atoms with Gasteiger partial charge >= 0.3 is 0 Å². The Bertz CT molecular complexity index is 594. The van der Waals surface area contributed by atoms with E-state index in [2.05, 4.69) is 42.4 Å². The summed E-state index contributed by atoms with van der Waals surface area (Å²) < 4.78 is 7.49. The Hall–Kier alpha value is -1.75. The van der Waals surface area contributed by atoms with E-state index < -0.39 is 0 Å². The van der Waals surface area contributed by atoms with Crippen LogP contribution in [0.5, 0.6) is 5.75 Å². The van der Waals surface area contributed by atoms with Crippen LogP contribution >= 0.6 is 0 Å². The predicted molar refractivity (Wildman–Crippen MR) is 87.7 cm³/mol. The minimum absolute atomic E-state index is 0.303. The summed E-state index contributed by atoms with van der Waals surface area (Å²) in [6.45, 7) is 5.40. The molecule has 0 saturated heterocycles. The van der Waals surface area contributed by atoms with Crippen molar-refractivity contribution in [3.8, 4) is 5.75 Å². The normalized spacial score (nSPS) is 13.3. The standard InChI is InChI=1S/C16H26N4O/c1-11(2)8-12(10-19(3)4)20-15-9-13(21-5)6-7-14(15)18-16(20)17/h6-7,9,11-12H,8,10H2,1-5H3,(H2,17,18). The molecule has 0 fully saturated rings. The fourth-order valence-corrected chi connectivity index (χ4v) is 2.83. The third-order valence-corrected chi connectivity index (χ3v) is 3.61. The third-order valence-electron chi connectivity index (χ3n) is 3.61. The number of nitrogens with zero attached hydrogens (tertiary/aromatic N) is 3. The van der Waals surface area contributed by atoms with Crippen molar-refractivity contribution in [1.29, 1.82) is 0 Å². The molecule has 1 unspecified atom stereocenters. The van der Waals surface area contributed by atoms with Crippen molar-refractivity contribution in [1.82, 2.24) is 14.5 Å². The molecule has 0 bridgehead atoms. The first kappa shape index (κ1) is 15.6. The highest BCUT2D eigenvalue weighted by molar-refractivity contribution is 5.80. The average molecular weight is 290 g/mol. The second kappa shape index (κ2) is 6.35. The van der Waals surface area contributed by atoms with Gasteiger partial charge in [-0.15, -0.1) is 0 Å². The van der Waals surface area contributed by atoms with Crippen molar-refractivity contribution < 1.29 is 4.74 Å². The molecule has 2 N–H and O–H groups in total. The minimum atomic E-state index is 0.303. The van der Waals surface area contributed by atoms with Crippen LogP contribution in [0.2, 0.25) is 0 Å². The smallest absolute Gasteiger partial charge is 0.201 e. The monoisotopic (exact) mass is 290 g/mol. The number of hydrogen-bond donors (Lipinski definition) is 1. The van der Waals surface area contributed by atoms with Gasteiger partial charge in [-0.1, -0.05) is 13.8 Å². The predicted octanol–water partition coefficient (Wildman–Crippen LogP) is 2.78. The molecule has 2 rings (SSSR count). The summed E-state index contributed by atoms with van der Waals surface area (Å²) >= 11 is 0. The van der Waals surface area contributed by atoms with E-state index in [4.69, 9.17) is 10.5 Å². The summed E-state index contributed by atoms with van der Waals surface area (Å²) in [5.41, 5.74) is 8.15. The highest BCUT2D eigenvalue weighted by Gasteiger charge is 2.20. The molecule has 21 heavy (non-hydrogen) atoms. The van der Waals surface area contributed by atoms with E-state index in [1.54, 1.807) is 7.11 Å². The van der Waals surface area contributed by atoms with Crippen LogP contribution < -0.4 is 10.5 Å². The number of fused-ring (bicyclic) bond motifs is 1. The average Bonchev–Trinajstić information content (AvgIpc) is 2.71. The molecule has 1 heterocycles. The maximum Gasteiger partial charge on any atom is 0.201 e. The second-order valence-electron chi connectivity index (χ2n) is 6.24. The first-order valence-corrected chi connectivity index (χ1v) is 7.38. The number of nitrogen functional groups attached to an aromatic ring is 1. The molecule has 0 spiro atoms. The van der Waals surface area contributed by atoms with E-state index >= 15 is 0 Å². The summed E-state index contributed by atoms with van der Waals surface area (Å²) in [7, 11) is 5.85. The van der Waals surface area contributed by atoms with Crippen molar-refractivity contribution >= 4 is 17.0 Å². The number of hydrogen-bond acceptors (Lipinski definition) is 4. The zero-order valence-electron chi connectivity index (χ0n) is 13.6. The molecule has 116 valence electrons. The summed E-state index contributed by atoms with van der Waals surface area (Å²) in [4.78, 5) is 6.68. The zero-order chi connectivity index (χ0) is 15.6. The zero-order valence-corrected chi connectivity index (χ0v) is 13.6. The van der Waals surface area contributed by atoms with Crippen LogP contribution in [0.4, 0.5) is 5.95 Å². The van der Waals surface area contributed by atoms with Crippen LogP contribution in [0.15, 0.2) is 18.2 Å². The van der Waals surface area contributed by atoms with E-state index in [0.717, 1.165) is 29.7 Å². The summed E-state index contributed by atoms with van der Waals surface area (Å²) in [6.07, 6.45) is 1.06. The lowest BCUT2D eigenvalue weighted by Crippen LogP contribution is -2.26. The van der Waals surface area contributed by atoms with Gasteiger partial charge in [-0.2, -0.15) is 0 Å². The van der Waals surface area contributed by atoms with Crippen molar-refractivity contribution in [3.63, 3.8) is 0 Å². The lowest BCUT2D eigenvalue weighted by Gasteiger charge is -2.25. The van der Waals surface area contributed by atoms with Gasteiger partial charge in [-0.05, 0) is 38.6 Å². The number of imidazole rings is 1. The molecule has 5 heteroatoms. The number of anilines is 1. The van der Waals surface area contributed by atoms with Crippen LogP contribution in [0.3, 0.4) is 0 Å². The van der Waals surface area contributed by atoms with Crippen LogP contribution in [0, 0.1) is 5.92 Å². The van der Waals surface area contributed by atoms with Gasteiger partial charge in [0.15, 0.2) is 0 Å². The molecule has 0 radical (unpaired) electrons. The molecule has 0 aliphatic heterocycles. The quantitative estimate of drug-likeness (QED) is 0.889. The molecular formula is C16H26N4O. The van der Waals surface area contributed by atoms with Gasteiger partial charge < -0.3 is 19.9 Å². The maximum absolute atomic E-state index is 6.19. The largest absolute Gasteiger partial charge is 0.497 e. The minimum Gasteiger partial charge on any atom is -0.497 e. The fourth-order valence-electron chi connectivity index (χ4n) is 2.83. The topological polar surface area (TPSA) is 56.3 Å². The molecule has 1 aromatic heterocycles. The highest BCUT2D eigenvalue weighted by atomic mass is 16.5. The van der Waals surface area contributed by atoms with Gasteiger partial charge in [-0.25, -0.2) is 4.98 Å². The van der Waals surface area contributed by atoms with E-state index in [-0.39, 0.29) is 0 Å². The number of likely N-dealkylation sites (N-methyl/N-ethyl adjacent to an activating group) is 1. The maximum atomic E-state index is 6.19. The molecule has 0 aliphatic carbocycles. The summed E-state index contributed by atoms with van der Waals surface area (Å²) in [6, 6.07) is 6.20. The van der Waals surface area contributed by atoms with E-state index in [9.17, 15) is 0 Å². The number of methoxy groups -OCH3 is 1. The van der Waals surface area contributed by atoms with Gasteiger partial charge in [0.1, 0.15) is 5.75 Å². The van der Waals surface area contributed by atoms with Gasteiger partial charge in [0.05, 0.1) is 24.2 Å². The Kier molecular flexibility index (Phi) is 4.73.